The Balaban J connectivity index is 1.63. The Morgan fingerprint density at radius 2 is 2.16 bits per heavy atom. The average Bonchev–Trinajstić information content (AvgIpc) is 3.07. The Kier molecular flexibility index (Phi) is 4.83. The standard InChI is InChI=1S/C18H18N4O2S/c1-11-12(2)24-18(13(11)8-19)21-16(23)9-22(3)10-17-20-14-6-4-5-7-15(14)25-17/h4-7H,9-10H2,1-3H3,(H,21,23). The van der Waals surface area contributed by atoms with Crippen molar-refractivity contribution < 1.29 is 9.21 Å². The summed E-state index contributed by atoms with van der Waals surface area (Å²) in [7, 11) is 1.86. The van der Waals surface area contributed by atoms with Gasteiger partial charge in [0.15, 0.2) is 0 Å². The summed E-state index contributed by atoms with van der Waals surface area (Å²) in [5.41, 5.74) is 2.10. The van der Waals surface area contributed by atoms with E-state index >= 15 is 0 Å². The highest BCUT2D eigenvalue weighted by Crippen LogP contribution is 2.25. The summed E-state index contributed by atoms with van der Waals surface area (Å²) in [4.78, 5) is 18.7. The molecule has 25 heavy (non-hydrogen) atoms. The monoisotopic (exact) mass is 354 g/mol. The van der Waals surface area contributed by atoms with Gasteiger partial charge in [-0.15, -0.1) is 11.3 Å². The van der Waals surface area contributed by atoms with Gasteiger partial charge < -0.3 is 4.42 Å². The van der Waals surface area contributed by atoms with Crippen LogP contribution in [0.15, 0.2) is 28.7 Å². The van der Waals surface area contributed by atoms with E-state index in [1.165, 1.54) is 0 Å². The van der Waals surface area contributed by atoms with Crippen LogP contribution in [0, 0.1) is 25.2 Å². The fourth-order valence-corrected chi connectivity index (χ4v) is 3.58. The molecule has 0 unspecified atom stereocenters. The summed E-state index contributed by atoms with van der Waals surface area (Å²) in [6.45, 7) is 4.32. The van der Waals surface area contributed by atoms with Gasteiger partial charge in [-0.25, -0.2) is 4.98 Å². The number of aryl methyl sites for hydroxylation is 1. The van der Waals surface area contributed by atoms with Crippen LogP contribution in [0.1, 0.15) is 21.9 Å². The number of nitriles is 1. The van der Waals surface area contributed by atoms with Crippen molar-refractivity contribution >= 4 is 33.3 Å². The third-order valence-corrected chi connectivity index (χ3v) is 4.93. The maximum Gasteiger partial charge on any atom is 0.240 e. The SMILES string of the molecule is Cc1oc(NC(=O)CN(C)Cc2nc3ccccc3s2)c(C#N)c1C. The highest BCUT2D eigenvalue weighted by atomic mass is 32.1. The van der Waals surface area contributed by atoms with E-state index in [1.807, 2.05) is 36.2 Å². The van der Waals surface area contributed by atoms with Gasteiger partial charge in [0.05, 0.1) is 23.3 Å². The highest BCUT2D eigenvalue weighted by Gasteiger charge is 2.17. The van der Waals surface area contributed by atoms with E-state index in [9.17, 15) is 10.1 Å². The topological polar surface area (TPSA) is 82.2 Å². The number of furan rings is 1. The number of hydrogen-bond donors (Lipinski definition) is 1. The molecule has 0 saturated carbocycles. The number of thiazole rings is 1. The van der Waals surface area contributed by atoms with Crippen molar-refractivity contribution in [1.29, 1.82) is 5.26 Å². The molecule has 2 aromatic heterocycles. The van der Waals surface area contributed by atoms with E-state index in [-0.39, 0.29) is 18.3 Å². The Bertz CT molecular complexity index is 934. The van der Waals surface area contributed by atoms with Gasteiger partial charge in [0.2, 0.25) is 11.8 Å². The van der Waals surface area contributed by atoms with E-state index in [2.05, 4.69) is 16.4 Å². The summed E-state index contributed by atoms with van der Waals surface area (Å²) >= 11 is 1.62. The number of carbonyl (C=O) groups excluding carboxylic acids is 1. The van der Waals surface area contributed by atoms with Crippen molar-refractivity contribution in [3.63, 3.8) is 0 Å². The fraction of sp³-hybridized carbons (Fsp3) is 0.278. The van der Waals surface area contributed by atoms with Crippen LogP contribution in [-0.2, 0) is 11.3 Å². The molecule has 0 saturated heterocycles. The normalized spacial score (nSPS) is 11.0. The summed E-state index contributed by atoms with van der Waals surface area (Å²) in [5.74, 6) is 0.624. The number of benzene rings is 1. The van der Waals surface area contributed by atoms with Gasteiger partial charge in [-0.1, -0.05) is 12.1 Å². The molecule has 1 aromatic carbocycles. The number of para-hydroxylation sites is 1. The zero-order chi connectivity index (χ0) is 18.0. The van der Waals surface area contributed by atoms with Gasteiger partial charge in [-0.05, 0) is 33.0 Å². The van der Waals surface area contributed by atoms with Crippen molar-refractivity contribution in [2.45, 2.75) is 20.4 Å². The number of nitrogens with one attached hydrogen (secondary N) is 1. The van der Waals surface area contributed by atoms with E-state index in [4.69, 9.17) is 4.42 Å². The van der Waals surface area contributed by atoms with Crippen LogP contribution in [0.2, 0.25) is 0 Å². The van der Waals surface area contributed by atoms with E-state index in [1.54, 1.807) is 25.2 Å². The molecule has 0 aliphatic carbocycles. The van der Waals surface area contributed by atoms with Gasteiger partial charge in [0.25, 0.3) is 0 Å². The van der Waals surface area contributed by atoms with Crippen molar-refractivity contribution in [2.75, 3.05) is 18.9 Å². The number of nitrogens with zero attached hydrogens (tertiary/aromatic N) is 3. The fourth-order valence-electron chi connectivity index (χ4n) is 2.54. The molecule has 0 atom stereocenters. The van der Waals surface area contributed by atoms with Gasteiger partial charge in [-0.2, -0.15) is 5.26 Å². The maximum atomic E-state index is 12.2. The summed E-state index contributed by atoms with van der Waals surface area (Å²) in [6, 6.07) is 10.0. The van der Waals surface area contributed by atoms with Crippen LogP contribution < -0.4 is 5.32 Å². The van der Waals surface area contributed by atoms with Crippen molar-refractivity contribution in [3.8, 4) is 6.07 Å². The first kappa shape index (κ1) is 17.1. The molecule has 0 radical (unpaired) electrons. The van der Waals surface area contributed by atoms with Crippen LogP contribution in [0.3, 0.4) is 0 Å². The molecule has 7 heteroatoms. The smallest absolute Gasteiger partial charge is 0.240 e. The minimum atomic E-state index is -0.228. The second-order valence-electron chi connectivity index (χ2n) is 5.89. The molecule has 1 amide bonds. The molecule has 0 aliphatic heterocycles. The summed E-state index contributed by atoms with van der Waals surface area (Å²) in [5, 5.41) is 12.8. The third kappa shape index (κ3) is 3.71. The zero-order valence-electron chi connectivity index (χ0n) is 14.3. The number of amides is 1. The zero-order valence-corrected chi connectivity index (χ0v) is 15.1. The summed E-state index contributed by atoms with van der Waals surface area (Å²) in [6.07, 6.45) is 0. The number of carbonyl (C=O) groups is 1. The van der Waals surface area contributed by atoms with Gasteiger partial charge >= 0.3 is 0 Å². The lowest BCUT2D eigenvalue weighted by atomic mass is 10.2. The molecule has 128 valence electrons. The molecule has 0 aliphatic rings. The molecule has 3 rings (SSSR count). The first-order valence-corrected chi connectivity index (χ1v) is 8.62. The van der Waals surface area contributed by atoms with Crippen LogP contribution in [-0.4, -0.2) is 29.4 Å². The Labute approximate surface area is 149 Å². The van der Waals surface area contributed by atoms with Crippen LogP contribution >= 0.6 is 11.3 Å². The first-order chi connectivity index (χ1) is 12.0. The number of hydrogen-bond acceptors (Lipinski definition) is 6. The minimum absolute atomic E-state index is 0.180. The number of anilines is 1. The second kappa shape index (κ2) is 7.05. The number of rotatable bonds is 5. The highest BCUT2D eigenvalue weighted by molar-refractivity contribution is 7.18. The largest absolute Gasteiger partial charge is 0.444 e. The first-order valence-electron chi connectivity index (χ1n) is 7.81. The molecule has 0 bridgehead atoms. The van der Waals surface area contributed by atoms with Crippen LogP contribution in [0.25, 0.3) is 10.2 Å². The van der Waals surface area contributed by atoms with Crippen LogP contribution in [0.4, 0.5) is 5.88 Å². The summed E-state index contributed by atoms with van der Waals surface area (Å²) < 4.78 is 6.60. The predicted octanol–water partition coefficient (Wildman–Crippen LogP) is 3.45. The van der Waals surface area contributed by atoms with Gasteiger partial charge in [0.1, 0.15) is 22.4 Å². The van der Waals surface area contributed by atoms with Gasteiger partial charge in [-0.3, -0.25) is 15.0 Å². The van der Waals surface area contributed by atoms with Crippen molar-refractivity contribution in [1.82, 2.24) is 9.88 Å². The molecule has 0 spiro atoms. The molecule has 1 N–H and O–H groups in total. The van der Waals surface area contributed by atoms with Crippen molar-refractivity contribution in [3.05, 3.63) is 46.2 Å². The average molecular weight is 354 g/mol. The quantitative estimate of drug-likeness (QED) is 0.759. The third-order valence-electron chi connectivity index (χ3n) is 3.91. The maximum absolute atomic E-state index is 12.2. The lowest BCUT2D eigenvalue weighted by Crippen LogP contribution is -2.29. The van der Waals surface area contributed by atoms with E-state index in [0.717, 1.165) is 20.8 Å². The molecule has 2 heterocycles. The molecular formula is C18H18N4O2S. The Morgan fingerprint density at radius 3 is 2.88 bits per heavy atom. The van der Waals surface area contributed by atoms with Crippen LogP contribution in [0.5, 0.6) is 0 Å². The Hall–Kier alpha value is -2.69. The molecule has 3 aromatic rings. The molecule has 6 nitrogen and oxygen atoms in total. The molecule has 0 fully saturated rings. The number of fused-ring (bicyclic) bond motifs is 1. The predicted molar refractivity (Wildman–Crippen MR) is 97.5 cm³/mol. The number of aromatic nitrogens is 1. The van der Waals surface area contributed by atoms with E-state index in [0.29, 0.717) is 17.9 Å². The van der Waals surface area contributed by atoms with Gasteiger partial charge in [0, 0.05) is 5.56 Å². The van der Waals surface area contributed by atoms with E-state index < -0.39 is 0 Å². The minimum Gasteiger partial charge on any atom is -0.444 e. The second-order valence-corrected chi connectivity index (χ2v) is 7.01. The lowest BCUT2D eigenvalue weighted by molar-refractivity contribution is -0.117. The number of likely N-dealkylation sites (N-methyl/N-ethyl adjacent to an activating group) is 1. The lowest BCUT2D eigenvalue weighted by Gasteiger charge is -2.14. The molecular weight excluding hydrogens is 336 g/mol. The van der Waals surface area contributed by atoms with Crippen molar-refractivity contribution in [2.24, 2.45) is 0 Å². The Morgan fingerprint density at radius 1 is 1.40 bits per heavy atom.